The van der Waals surface area contributed by atoms with Crippen molar-refractivity contribution in [1.82, 2.24) is 14.6 Å². The summed E-state index contributed by atoms with van der Waals surface area (Å²) in [7, 11) is -1.74. The molecule has 1 saturated carbocycles. The maximum Gasteiger partial charge on any atom is 0.240 e. The zero-order chi connectivity index (χ0) is 29.4. The first kappa shape index (κ1) is 29.0. The molecule has 3 N–H and O–H groups in total. The van der Waals surface area contributed by atoms with Gasteiger partial charge in [-0.1, -0.05) is 60.2 Å². The van der Waals surface area contributed by atoms with Crippen LogP contribution in [0.15, 0.2) is 83.8 Å². The van der Waals surface area contributed by atoms with Crippen LogP contribution in [0.4, 0.5) is 0 Å². The van der Waals surface area contributed by atoms with Crippen LogP contribution in [0.2, 0.25) is 0 Å². The van der Waals surface area contributed by atoms with Crippen molar-refractivity contribution in [2.75, 3.05) is 0 Å². The van der Waals surface area contributed by atoms with Gasteiger partial charge < -0.3 is 15.0 Å². The Labute approximate surface area is 242 Å². The molecule has 1 aliphatic rings. The van der Waals surface area contributed by atoms with Gasteiger partial charge >= 0.3 is 0 Å². The molecule has 1 aromatic heterocycles. The van der Waals surface area contributed by atoms with Gasteiger partial charge in [0.2, 0.25) is 15.9 Å². The molecule has 1 heterocycles. The molecule has 0 saturated heterocycles. The Hall–Kier alpha value is -3.46. The van der Waals surface area contributed by atoms with Crippen LogP contribution >= 0.6 is 0 Å². The van der Waals surface area contributed by atoms with Crippen molar-refractivity contribution in [1.29, 1.82) is 0 Å². The number of rotatable bonds is 8. The number of aromatic nitrogens is 1. The largest absolute Gasteiger partial charge is 0.388 e. The van der Waals surface area contributed by atoms with E-state index >= 15 is 0 Å². The van der Waals surface area contributed by atoms with Crippen LogP contribution in [-0.2, 0) is 21.9 Å². The molecule has 0 spiro atoms. The molecule has 1 atom stereocenters. The lowest BCUT2D eigenvalue weighted by Crippen LogP contribution is -2.46. The van der Waals surface area contributed by atoms with E-state index < -0.39 is 21.7 Å². The predicted molar refractivity (Wildman–Crippen MR) is 163 cm³/mol. The molecule has 1 aliphatic carbocycles. The molecule has 5 rings (SSSR count). The fourth-order valence-corrected chi connectivity index (χ4v) is 7.17. The molecule has 8 heteroatoms. The highest BCUT2D eigenvalue weighted by Crippen LogP contribution is 2.32. The lowest BCUT2D eigenvalue weighted by atomic mass is 9.84. The smallest absolute Gasteiger partial charge is 0.240 e. The third-order valence-electron chi connectivity index (χ3n) is 8.22. The average Bonchev–Trinajstić information content (AvgIpc) is 3.27. The number of hydrogen-bond donors (Lipinski definition) is 3. The number of aryl methyl sites for hydroxylation is 2. The average molecular weight is 574 g/mol. The van der Waals surface area contributed by atoms with Gasteiger partial charge in [0.1, 0.15) is 0 Å². The van der Waals surface area contributed by atoms with Crippen LogP contribution in [-0.4, -0.2) is 35.6 Å². The summed E-state index contributed by atoms with van der Waals surface area (Å²) in [6, 6.07) is 24.2. The Morgan fingerprint density at radius 1 is 0.951 bits per heavy atom. The predicted octanol–water partition coefficient (Wildman–Crippen LogP) is 5.62. The zero-order valence-electron chi connectivity index (χ0n) is 24.1. The molecular weight excluding hydrogens is 534 g/mol. The number of sulfonamides is 1. The third-order valence-corrected chi connectivity index (χ3v) is 9.74. The topological polar surface area (TPSA) is 100 Å². The molecular formula is C33H39N3O4S. The van der Waals surface area contributed by atoms with Gasteiger partial charge in [-0.05, 0) is 81.8 Å². The van der Waals surface area contributed by atoms with Gasteiger partial charge in [-0.15, -0.1) is 0 Å². The number of nitrogens with zero attached hydrogens (tertiary/aromatic N) is 1. The minimum absolute atomic E-state index is 0.110. The van der Waals surface area contributed by atoms with Crippen molar-refractivity contribution in [3.8, 4) is 11.3 Å². The molecule has 41 heavy (non-hydrogen) atoms. The highest BCUT2D eigenvalue weighted by Gasteiger charge is 2.34. The molecule has 1 amide bonds. The minimum Gasteiger partial charge on any atom is -0.388 e. The van der Waals surface area contributed by atoms with Crippen LogP contribution in [0.3, 0.4) is 0 Å². The summed E-state index contributed by atoms with van der Waals surface area (Å²) in [6.07, 6.45) is 2.29. The summed E-state index contributed by atoms with van der Waals surface area (Å²) in [6.45, 7) is 5.43. The fourth-order valence-electron chi connectivity index (χ4n) is 5.83. The Balaban J connectivity index is 1.24. The Morgan fingerprint density at radius 2 is 1.61 bits per heavy atom. The Kier molecular flexibility index (Phi) is 8.10. The van der Waals surface area contributed by atoms with E-state index in [9.17, 15) is 18.3 Å². The maximum absolute atomic E-state index is 13.3. The van der Waals surface area contributed by atoms with E-state index in [2.05, 4.69) is 45.8 Å². The highest BCUT2D eigenvalue weighted by atomic mass is 32.2. The van der Waals surface area contributed by atoms with Crippen molar-refractivity contribution in [3.63, 3.8) is 0 Å². The molecule has 1 fully saturated rings. The van der Waals surface area contributed by atoms with Crippen LogP contribution in [0, 0.1) is 12.8 Å². The highest BCUT2D eigenvalue weighted by molar-refractivity contribution is 7.89. The standard InChI is InChI=1S/C33H39N3O4S/c1-22-10-12-23(13-11-22)30-21-26-20-28(18-19-29(26)36(30)4)41(39,40)35-27-16-14-25(15-17-27)32(37)34-31(33(2,3)38)24-8-6-5-7-9-24/h5-13,18-21,25,27,31,35,38H,14-17H2,1-4H3,(H,34,37)/t25?,27?,31-/m0/s1. The molecule has 7 nitrogen and oxygen atoms in total. The maximum atomic E-state index is 13.3. The van der Waals surface area contributed by atoms with Crippen LogP contribution in [0.5, 0.6) is 0 Å². The van der Waals surface area contributed by atoms with Crippen LogP contribution in [0.1, 0.15) is 56.7 Å². The van der Waals surface area contributed by atoms with E-state index in [0.717, 1.165) is 27.7 Å². The second-order valence-electron chi connectivity index (χ2n) is 11.9. The van der Waals surface area contributed by atoms with Gasteiger partial charge in [0.05, 0.1) is 16.5 Å². The SMILES string of the molecule is Cc1ccc(-c2cc3cc(S(=O)(=O)NC4CCC(C(=O)N[C@@H](c5ccccc5)C(C)(C)O)CC4)ccc3n2C)cc1. The molecule has 0 radical (unpaired) electrons. The van der Waals surface area contributed by atoms with Crippen molar-refractivity contribution >= 4 is 26.8 Å². The van der Waals surface area contributed by atoms with Gasteiger partial charge in [0, 0.05) is 35.6 Å². The summed E-state index contributed by atoms with van der Waals surface area (Å²) in [5.74, 6) is -0.341. The monoisotopic (exact) mass is 573 g/mol. The van der Waals surface area contributed by atoms with Crippen molar-refractivity contribution in [3.05, 3.63) is 90.0 Å². The van der Waals surface area contributed by atoms with E-state index in [4.69, 9.17) is 0 Å². The van der Waals surface area contributed by atoms with E-state index in [1.807, 2.05) is 49.5 Å². The molecule has 3 aromatic carbocycles. The molecule has 0 bridgehead atoms. The van der Waals surface area contributed by atoms with Gasteiger partial charge in [0.25, 0.3) is 0 Å². The number of benzene rings is 3. The number of hydrogen-bond acceptors (Lipinski definition) is 4. The van der Waals surface area contributed by atoms with E-state index in [1.165, 1.54) is 5.56 Å². The molecule has 216 valence electrons. The number of amides is 1. The normalized spacial score (nSPS) is 18.8. The molecule has 0 aliphatic heterocycles. The minimum atomic E-state index is -3.73. The number of fused-ring (bicyclic) bond motifs is 1. The molecule has 0 unspecified atom stereocenters. The van der Waals surface area contributed by atoms with Gasteiger partial charge in [-0.3, -0.25) is 4.79 Å². The Morgan fingerprint density at radius 3 is 2.24 bits per heavy atom. The number of carbonyl (C=O) groups excluding carboxylic acids is 1. The van der Waals surface area contributed by atoms with Crippen molar-refractivity contribution in [2.24, 2.45) is 13.0 Å². The second kappa shape index (κ2) is 11.4. The van der Waals surface area contributed by atoms with Crippen molar-refractivity contribution < 1.29 is 18.3 Å². The van der Waals surface area contributed by atoms with E-state index in [0.29, 0.717) is 25.7 Å². The molecule has 4 aromatic rings. The van der Waals surface area contributed by atoms with Crippen LogP contribution < -0.4 is 10.0 Å². The third kappa shape index (κ3) is 6.40. The summed E-state index contributed by atoms with van der Waals surface area (Å²) in [5, 5.41) is 14.6. The van der Waals surface area contributed by atoms with E-state index in [-0.39, 0.29) is 22.8 Å². The summed E-state index contributed by atoms with van der Waals surface area (Å²) >= 11 is 0. The van der Waals surface area contributed by atoms with Crippen LogP contribution in [0.25, 0.3) is 22.2 Å². The number of carbonyl (C=O) groups is 1. The second-order valence-corrected chi connectivity index (χ2v) is 13.6. The van der Waals surface area contributed by atoms with Crippen molar-refractivity contribution in [2.45, 2.75) is 69.0 Å². The number of nitrogens with one attached hydrogen (secondary N) is 2. The summed E-state index contributed by atoms with van der Waals surface area (Å²) < 4.78 is 31.7. The van der Waals surface area contributed by atoms with Gasteiger partial charge in [-0.25, -0.2) is 13.1 Å². The van der Waals surface area contributed by atoms with Gasteiger partial charge in [0.15, 0.2) is 0 Å². The summed E-state index contributed by atoms with van der Waals surface area (Å²) in [4.78, 5) is 13.4. The first-order chi connectivity index (χ1) is 19.4. The fraction of sp³-hybridized carbons (Fsp3) is 0.364. The lowest BCUT2D eigenvalue weighted by molar-refractivity contribution is -0.128. The first-order valence-electron chi connectivity index (χ1n) is 14.2. The quantitative estimate of drug-likeness (QED) is 0.255. The number of aliphatic hydroxyl groups is 1. The van der Waals surface area contributed by atoms with Gasteiger partial charge in [-0.2, -0.15) is 0 Å². The first-order valence-corrected chi connectivity index (χ1v) is 15.7. The van der Waals surface area contributed by atoms with E-state index in [1.54, 1.807) is 26.0 Å². The summed E-state index contributed by atoms with van der Waals surface area (Å²) in [5.41, 5.74) is 3.97. The lowest BCUT2D eigenvalue weighted by Gasteiger charge is -2.34. The zero-order valence-corrected chi connectivity index (χ0v) is 24.9. The Bertz CT molecular complexity index is 1630.